The number of carbonyl (C=O) groups excluding carboxylic acids is 1. The lowest BCUT2D eigenvalue weighted by molar-refractivity contribution is 0.0613. The molecule has 0 N–H and O–H groups in total. The number of amides is 1. The van der Waals surface area contributed by atoms with Gasteiger partial charge < -0.3 is 13.9 Å². The summed E-state index contributed by atoms with van der Waals surface area (Å²) in [5, 5.41) is 0.936. The van der Waals surface area contributed by atoms with Crippen molar-refractivity contribution in [2.45, 2.75) is 19.5 Å². The number of para-hydroxylation sites is 1. The van der Waals surface area contributed by atoms with E-state index in [2.05, 4.69) is 39.7 Å². The van der Waals surface area contributed by atoms with Gasteiger partial charge in [0, 0.05) is 30.4 Å². The molecular weight excluding hydrogens is 344 g/mol. The summed E-state index contributed by atoms with van der Waals surface area (Å²) in [7, 11) is 0. The number of nitrogens with zero attached hydrogens (tertiary/aromatic N) is 2. The highest BCUT2D eigenvalue weighted by Gasteiger charge is 2.30. The average molecular weight is 359 g/mol. The lowest BCUT2D eigenvalue weighted by atomic mass is 10.1. The molecule has 1 atom stereocenters. The van der Waals surface area contributed by atoms with Gasteiger partial charge in [-0.05, 0) is 47.1 Å². The van der Waals surface area contributed by atoms with Gasteiger partial charge in [-0.3, -0.25) is 4.79 Å². The van der Waals surface area contributed by atoms with Gasteiger partial charge in [0.25, 0.3) is 5.91 Å². The molecule has 0 bridgehead atoms. The van der Waals surface area contributed by atoms with Crippen molar-refractivity contribution >= 4 is 32.8 Å². The highest BCUT2D eigenvalue weighted by atomic mass is 79.9. The second-order valence-corrected chi connectivity index (χ2v) is 6.42. The molecule has 3 aromatic rings. The topological polar surface area (TPSA) is 38.4 Å². The number of fused-ring (bicyclic) bond motifs is 2. The van der Waals surface area contributed by atoms with Crippen molar-refractivity contribution in [1.82, 2.24) is 9.47 Å². The van der Waals surface area contributed by atoms with E-state index < -0.39 is 0 Å². The number of halogens is 1. The van der Waals surface area contributed by atoms with Crippen molar-refractivity contribution in [2.75, 3.05) is 6.54 Å². The molecule has 2 aromatic heterocycles. The van der Waals surface area contributed by atoms with Gasteiger partial charge in [-0.1, -0.05) is 12.1 Å². The van der Waals surface area contributed by atoms with Crippen LogP contribution in [-0.4, -0.2) is 21.9 Å². The van der Waals surface area contributed by atoms with Gasteiger partial charge in [0.2, 0.25) is 0 Å². The molecule has 0 saturated heterocycles. The third-order valence-corrected chi connectivity index (χ3v) is 4.93. The Morgan fingerprint density at radius 2 is 2.14 bits per heavy atom. The van der Waals surface area contributed by atoms with Crippen LogP contribution in [0.15, 0.2) is 51.5 Å². The first-order chi connectivity index (χ1) is 10.6. The van der Waals surface area contributed by atoms with E-state index >= 15 is 0 Å². The Labute approximate surface area is 136 Å². The Kier molecular flexibility index (Phi) is 3.11. The molecule has 0 fully saturated rings. The average Bonchev–Trinajstić information content (AvgIpc) is 3.14. The Bertz CT molecular complexity index is 865. The highest BCUT2D eigenvalue weighted by Crippen LogP contribution is 2.31. The summed E-state index contributed by atoms with van der Waals surface area (Å²) in [6.45, 7) is 3.57. The zero-order valence-electron chi connectivity index (χ0n) is 12.1. The van der Waals surface area contributed by atoms with Crippen molar-refractivity contribution in [3.8, 4) is 0 Å². The SMILES string of the molecule is CC1c2cccn2CCN1C(=O)c1cc2cccc(Br)c2o1. The van der Waals surface area contributed by atoms with E-state index in [9.17, 15) is 4.79 Å². The smallest absolute Gasteiger partial charge is 0.290 e. The fourth-order valence-corrected chi connectivity index (χ4v) is 3.59. The van der Waals surface area contributed by atoms with Gasteiger partial charge in [-0.2, -0.15) is 0 Å². The Balaban J connectivity index is 1.70. The molecule has 1 aliphatic rings. The summed E-state index contributed by atoms with van der Waals surface area (Å²) in [6.07, 6.45) is 2.06. The van der Waals surface area contributed by atoms with Crippen LogP contribution in [0.25, 0.3) is 11.0 Å². The van der Waals surface area contributed by atoms with Crippen LogP contribution < -0.4 is 0 Å². The van der Waals surface area contributed by atoms with E-state index in [1.165, 1.54) is 0 Å². The van der Waals surface area contributed by atoms with Crippen molar-refractivity contribution in [2.24, 2.45) is 0 Å². The normalized spacial score (nSPS) is 17.7. The molecule has 1 amide bonds. The van der Waals surface area contributed by atoms with Crippen molar-refractivity contribution < 1.29 is 9.21 Å². The Morgan fingerprint density at radius 1 is 1.27 bits per heavy atom. The fourth-order valence-electron chi connectivity index (χ4n) is 3.13. The maximum Gasteiger partial charge on any atom is 0.290 e. The van der Waals surface area contributed by atoms with Crippen LogP contribution in [-0.2, 0) is 6.54 Å². The molecule has 5 heteroatoms. The lowest BCUT2D eigenvalue weighted by Crippen LogP contribution is -2.40. The highest BCUT2D eigenvalue weighted by molar-refractivity contribution is 9.10. The fraction of sp³-hybridized carbons (Fsp3) is 0.235. The van der Waals surface area contributed by atoms with Gasteiger partial charge in [-0.25, -0.2) is 0 Å². The molecular formula is C17H15BrN2O2. The molecule has 112 valence electrons. The van der Waals surface area contributed by atoms with E-state index in [0.29, 0.717) is 12.3 Å². The van der Waals surface area contributed by atoms with Gasteiger partial charge >= 0.3 is 0 Å². The standard InChI is InChI=1S/C17H15BrN2O2/c1-11-14-6-3-7-19(14)8-9-20(11)17(21)15-10-12-4-2-5-13(18)16(12)22-15/h2-7,10-11H,8-9H2,1H3. The maximum atomic E-state index is 12.8. The number of benzene rings is 1. The number of rotatable bonds is 1. The summed E-state index contributed by atoms with van der Waals surface area (Å²) in [6, 6.07) is 11.8. The number of hydrogen-bond acceptors (Lipinski definition) is 2. The number of hydrogen-bond donors (Lipinski definition) is 0. The quantitative estimate of drug-likeness (QED) is 0.653. The monoisotopic (exact) mass is 358 g/mol. The van der Waals surface area contributed by atoms with Gasteiger partial charge in [0.05, 0.1) is 10.5 Å². The van der Waals surface area contributed by atoms with E-state index in [1.54, 1.807) is 0 Å². The zero-order chi connectivity index (χ0) is 15.3. The van der Waals surface area contributed by atoms with E-state index in [-0.39, 0.29) is 11.9 Å². The van der Waals surface area contributed by atoms with E-state index in [1.807, 2.05) is 35.2 Å². The van der Waals surface area contributed by atoms with Crippen LogP contribution >= 0.6 is 15.9 Å². The minimum atomic E-state index is -0.0527. The zero-order valence-corrected chi connectivity index (χ0v) is 13.7. The van der Waals surface area contributed by atoms with Crippen LogP contribution in [0.4, 0.5) is 0 Å². The first-order valence-corrected chi connectivity index (χ1v) is 8.08. The van der Waals surface area contributed by atoms with Crippen LogP contribution in [0, 0.1) is 0 Å². The first kappa shape index (κ1) is 13.6. The molecule has 1 unspecified atom stereocenters. The predicted molar refractivity (Wildman–Crippen MR) is 87.8 cm³/mol. The van der Waals surface area contributed by atoms with Crippen LogP contribution in [0.2, 0.25) is 0 Å². The first-order valence-electron chi connectivity index (χ1n) is 7.29. The number of furan rings is 1. The maximum absolute atomic E-state index is 12.8. The van der Waals surface area contributed by atoms with Gasteiger partial charge in [0.1, 0.15) is 5.58 Å². The lowest BCUT2D eigenvalue weighted by Gasteiger charge is -2.34. The molecule has 3 heterocycles. The molecule has 4 nitrogen and oxygen atoms in total. The third kappa shape index (κ3) is 2.00. The Hall–Kier alpha value is -2.01. The number of aromatic nitrogens is 1. The second-order valence-electron chi connectivity index (χ2n) is 5.57. The largest absolute Gasteiger partial charge is 0.450 e. The molecule has 0 aliphatic carbocycles. The van der Waals surface area contributed by atoms with Gasteiger partial charge in [-0.15, -0.1) is 0 Å². The minimum Gasteiger partial charge on any atom is -0.450 e. The van der Waals surface area contributed by atoms with Crippen molar-refractivity contribution in [3.63, 3.8) is 0 Å². The summed E-state index contributed by atoms with van der Waals surface area (Å²) in [5.41, 5.74) is 1.88. The molecule has 0 radical (unpaired) electrons. The Morgan fingerprint density at radius 3 is 2.95 bits per heavy atom. The van der Waals surface area contributed by atoms with Crippen molar-refractivity contribution in [3.05, 3.63) is 58.5 Å². The molecule has 1 aliphatic heterocycles. The predicted octanol–water partition coefficient (Wildman–Crippen LogP) is 4.21. The minimum absolute atomic E-state index is 0.0490. The summed E-state index contributed by atoms with van der Waals surface area (Å²) in [4.78, 5) is 14.7. The molecule has 1 aromatic carbocycles. The molecule has 0 spiro atoms. The van der Waals surface area contributed by atoms with Crippen LogP contribution in [0.1, 0.15) is 29.2 Å². The molecule has 22 heavy (non-hydrogen) atoms. The second kappa shape index (κ2) is 5.02. The summed E-state index contributed by atoms with van der Waals surface area (Å²) >= 11 is 3.46. The third-order valence-electron chi connectivity index (χ3n) is 4.31. The van der Waals surface area contributed by atoms with Crippen LogP contribution in [0.3, 0.4) is 0 Å². The molecule has 4 rings (SSSR count). The summed E-state index contributed by atoms with van der Waals surface area (Å²) < 4.78 is 8.85. The van der Waals surface area contributed by atoms with Crippen LogP contribution in [0.5, 0.6) is 0 Å². The number of carbonyl (C=O) groups is 1. The molecule has 0 saturated carbocycles. The van der Waals surface area contributed by atoms with E-state index in [4.69, 9.17) is 4.42 Å². The van der Waals surface area contributed by atoms with E-state index in [0.717, 1.165) is 27.7 Å². The summed E-state index contributed by atoms with van der Waals surface area (Å²) in [5.74, 6) is 0.344. The van der Waals surface area contributed by atoms with Crippen molar-refractivity contribution in [1.29, 1.82) is 0 Å². The van der Waals surface area contributed by atoms with Gasteiger partial charge in [0.15, 0.2) is 5.76 Å².